The van der Waals surface area contributed by atoms with Gasteiger partial charge in [0.15, 0.2) is 0 Å². The lowest BCUT2D eigenvalue weighted by Gasteiger charge is -2.11. The summed E-state index contributed by atoms with van der Waals surface area (Å²) in [5, 5.41) is 15.8. The van der Waals surface area contributed by atoms with Crippen LogP contribution >= 0.6 is 0 Å². The number of pyridine rings is 1. The first kappa shape index (κ1) is 17.7. The van der Waals surface area contributed by atoms with E-state index in [0.29, 0.717) is 0 Å². The molecule has 0 bridgehead atoms. The average Bonchev–Trinajstić information content (AvgIpc) is 3.09. The fourth-order valence-electron chi connectivity index (χ4n) is 3.24. The molecule has 7 heteroatoms. The molecular formula is C21H20N5O2+. The Hall–Kier alpha value is -3.74. The Morgan fingerprint density at radius 2 is 1.68 bits per heavy atom. The molecule has 2 heterocycles. The summed E-state index contributed by atoms with van der Waals surface area (Å²) in [4.78, 5) is 12.6. The van der Waals surface area contributed by atoms with Crippen molar-refractivity contribution in [3.05, 3.63) is 82.5 Å². The third-order valence-corrected chi connectivity index (χ3v) is 4.74. The van der Waals surface area contributed by atoms with E-state index in [1.54, 1.807) is 12.1 Å². The highest BCUT2D eigenvalue weighted by atomic mass is 16.6. The van der Waals surface area contributed by atoms with E-state index in [9.17, 15) is 10.1 Å². The number of non-ortho nitro benzene ring substituents is 1. The van der Waals surface area contributed by atoms with Crippen LogP contribution in [0.2, 0.25) is 0 Å². The van der Waals surface area contributed by atoms with Crippen LogP contribution in [0.15, 0.2) is 66.7 Å². The van der Waals surface area contributed by atoms with Crippen molar-refractivity contribution < 1.29 is 9.32 Å². The molecule has 0 aliphatic rings. The van der Waals surface area contributed by atoms with Gasteiger partial charge in [-0.1, -0.05) is 10.7 Å². The van der Waals surface area contributed by atoms with Gasteiger partial charge in [0.2, 0.25) is 0 Å². The summed E-state index contributed by atoms with van der Waals surface area (Å²) in [6.45, 7) is 2.03. The largest absolute Gasteiger partial charge is 0.378 e. The van der Waals surface area contributed by atoms with Crippen molar-refractivity contribution in [1.82, 2.24) is 9.78 Å². The van der Waals surface area contributed by atoms with Crippen LogP contribution in [-0.4, -0.2) is 28.8 Å². The van der Waals surface area contributed by atoms with Crippen molar-refractivity contribution in [2.45, 2.75) is 6.92 Å². The summed E-state index contributed by atoms with van der Waals surface area (Å²) in [6.07, 6.45) is 0. The number of hydrogen-bond donors (Lipinski definition) is 0. The smallest absolute Gasteiger partial charge is 0.314 e. The molecule has 140 valence electrons. The topological polar surface area (TPSA) is 68.3 Å². The molecule has 4 aromatic rings. The predicted molar refractivity (Wildman–Crippen MR) is 108 cm³/mol. The molecule has 28 heavy (non-hydrogen) atoms. The number of rotatable bonds is 4. The van der Waals surface area contributed by atoms with E-state index in [4.69, 9.17) is 5.10 Å². The molecule has 2 aromatic heterocycles. The Balaban J connectivity index is 1.90. The highest BCUT2D eigenvalue weighted by Crippen LogP contribution is 2.22. The predicted octanol–water partition coefficient (Wildman–Crippen LogP) is 3.56. The van der Waals surface area contributed by atoms with Crippen molar-refractivity contribution in [2.75, 3.05) is 19.0 Å². The molecule has 0 aliphatic carbocycles. The van der Waals surface area contributed by atoms with Crippen LogP contribution in [-0.2, 0) is 0 Å². The van der Waals surface area contributed by atoms with Crippen molar-refractivity contribution in [3.63, 3.8) is 0 Å². The van der Waals surface area contributed by atoms with Gasteiger partial charge in [-0.05, 0) is 49.4 Å². The summed E-state index contributed by atoms with van der Waals surface area (Å²) in [7, 11) is 4.01. The molecule has 0 amide bonds. The summed E-state index contributed by atoms with van der Waals surface area (Å²) in [6, 6.07) is 20.6. The monoisotopic (exact) mass is 374 g/mol. The molecule has 0 fully saturated rings. The maximum absolute atomic E-state index is 10.9. The summed E-state index contributed by atoms with van der Waals surface area (Å²) in [5.74, 6) is 0.816. The number of nitro benzene ring substituents is 1. The Labute approximate surface area is 162 Å². The summed E-state index contributed by atoms with van der Waals surface area (Å²) in [5.41, 5.74) is 4.88. The van der Waals surface area contributed by atoms with E-state index in [1.807, 2.05) is 43.9 Å². The molecule has 0 atom stereocenters. The van der Waals surface area contributed by atoms with Gasteiger partial charge in [-0.2, -0.15) is 4.40 Å². The van der Waals surface area contributed by atoms with Crippen molar-refractivity contribution in [2.24, 2.45) is 0 Å². The molecular weight excluding hydrogens is 354 g/mol. The maximum atomic E-state index is 10.9. The highest BCUT2D eigenvalue weighted by molar-refractivity contribution is 5.60. The number of aromatic nitrogens is 3. The second-order valence-electron chi connectivity index (χ2n) is 6.81. The zero-order valence-corrected chi connectivity index (χ0v) is 15.9. The molecule has 0 spiro atoms. The fraction of sp³-hybridized carbons (Fsp3) is 0.143. The zero-order chi connectivity index (χ0) is 19.8. The minimum absolute atomic E-state index is 0.0588. The summed E-state index contributed by atoms with van der Waals surface area (Å²) >= 11 is 0. The third kappa shape index (κ3) is 2.96. The van der Waals surface area contributed by atoms with Crippen LogP contribution in [0.25, 0.3) is 22.7 Å². The Bertz CT molecular complexity index is 1160. The van der Waals surface area contributed by atoms with E-state index in [-0.39, 0.29) is 5.69 Å². The van der Waals surface area contributed by atoms with E-state index in [2.05, 4.69) is 33.6 Å². The Morgan fingerprint density at radius 1 is 1.00 bits per heavy atom. The van der Waals surface area contributed by atoms with Crippen LogP contribution in [0.5, 0.6) is 0 Å². The van der Waals surface area contributed by atoms with Crippen LogP contribution in [0.1, 0.15) is 5.69 Å². The average molecular weight is 374 g/mol. The normalized spacial score (nSPS) is 11.0. The molecule has 0 unspecified atom stereocenters. The molecule has 0 saturated heterocycles. The lowest BCUT2D eigenvalue weighted by molar-refractivity contribution is -0.508. The van der Waals surface area contributed by atoms with E-state index in [0.717, 1.165) is 34.1 Å². The number of nitro groups is 1. The van der Waals surface area contributed by atoms with Gasteiger partial charge in [0, 0.05) is 38.0 Å². The van der Waals surface area contributed by atoms with Gasteiger partial charge in [0.25, 0.3) is 11.3 Å². The number of aryl methyl sites for hydroxylation is 1. The minimum Gasteiger partial charge on any atom is -0.378 e. The molecule has 2 aromatic carbocycles. The molecule has 4 rings (SSSR count). The third-order valence-electron chi connectivity index (χ3n) is 4.74. The zero-order valence-electron chi connectivity index (χ0n) is 15.9. The van der Waals surface area contributed by atoms with Crippen LogP contribution in [0, 0.1) is 17.0 Å². The lowest BCUT2D eigenvalue weighted by atomic mass is 10.2. The summed E-state index contributed by atoms with van der Waals surface area (Å²) < 4.78 is 3.90. The number of nitrogens with zero attached hydrogens (tertiary/aromatic N) is 5. The fourth-order valence-corrected chi connectivity index (χ4v) is 3.24. The first-order valence-corrected chi connectivity index (χ1v) is 8.89. The Morgan fingerprint density at radius 3 is 2.29 bits per heavy atom. The molecule has 0 saturated carbocycles. The molecule has 0 N–H and O–H groups in total. The van der Waals surface area contributed by atoms with Gasteiger partial charge in [-0.25, -0.2) is 0 Å². The highest BCUT2D eigenvalue weighted by Gasteiger charge is 2.24. The lowest BCUT2D eigenvalue weighted by Crippen LogP contribution is -2.26. The van der Waals surface area contributed by atoms with Gasteiger partial charge in [0.05, 0.1) is 21.3 Å². The van der Waals surface area contributed by atoms with Crippen LogP contribution in [0.4, 0.5) is 11.4 Å². The van der Waals surface area contributed by atoms with E-state index < -0.39 is 4.92 Å². The number of anilines is 1. The van der Waals surface area contributed by atoms with Crippen molar-refractivity contribution in [3.8, 4) is 17.1 Å². The van der Waals surface area contributed by atoms with Crippen molar-refractivity contribution >= 4 is 17.0 Å². The second kappa shape index (κ2) is 6.77. The first-order valence-electron chi connectivity index (χ1n) is 8.89. The SMILES string of the molecule is Cc1cccc2n(-c3ccc([N+](=O)[O-])cc3)nc(-c3ccc(N(C)C)cc3)[n+]12. The van der Waals surface area contributed by atoms with Crippen molar-refractivity contribution in [1.29, 1.82) is 0 Å². The minimum atomic E-state index is -0.401. The standard InChI is InChI=1S/C21H20N5O2/c1-15-5-4-6-20-24(15)21(16-7-9-17(10-8-16)23(2)3)22-25(20)18-11-13-19(14-12-18)26(27)28/h4-14H,1-3H3/q+1. The quantitative estimate of drug-likeness (QED) is 0.311. The number of hydrogen-bond acceptors (Lipinski definition) is 4. The van der Waals surface area contributed by atoms with Gasteiger partial charge in [-0.3, -0.25) is 10.1 Å². The van der Waals surface area contributed by atoms with Gasteiger partial charge < -0.3 is 4.90 Å². The van der Waals surface area contributed by atoms with Crippen LogP contribution < -0.4 is 9.30 Å². The van der Waals surface area contributed by atoms with E-state index >= 15 is 0 Å². The first-order chi connectivity index (χ1) is 13.5. The maximum Gasteiger partial charge on any atom is 0.314 e. The van der Waals surface area contributed by atoms with Crippen LogP contribution in [0.3, 0.4) is 0 Å². The van der Waals surface area contributed by atoms with Gasteiger partial charge in [-0.15, -0.1) is 0 Å². The number of benzene rings is 2. The second-order valence-corrected chi connectivity index (χ2v) is 6.81. The Kier molecular flexibility index (Phi) is 4.27. The molecule has 0 radical (unpaired) electrons. The molecule has 0 aliphatic heterocycles. The van der Waals surface area contributed by atoms with Gasteiger partial charge >= 0.3 is 5.82 Å². The number of fused-ring (bicyclic) bond motifs is 1. The van der Waals surface area contributed by atoms with Gasteiger partial charge in [0.1, 0.15) is 5.69 Å². The molecule has 7 nitrogen and oxygen atoms in total. The van der Waals surface area contributed by atoms with E-state index in [1.165, 1.54) is 12.1 Å².